The van der Waals surface area contributed by atoms with Gasteiger partial charge in [0.15, 0.2) is 0 Å². The summed E-state index contributed by atoms with van der Waals surface area (Å²) in [6, 6.07) is 13.6. The van der Waals surface area contributed by atoms with Crippen LogP contribution in [0.3, 0.4) is 0 Å². The Balaban J connectivity index is 1.93. The molecule has 0 atom stereocenters. The molecular formula is C19H24N2O2. The summed E-state index contributed by atoms with van der Waals surface area (Å²) in [5.74, 6) is 0.841. The van der Waals surface area contributed by atoms with Crippen molar-refractivity contribution in [3.8, 4) is 5.75 Å². The zero-order valence-corrected chi connectivity index (χ0v) is 14.0. The number of anilines is 1. The summed E-state index contributed by atoms with van der Waals surface area (Å²) in [6.45, 7) is 7.16. The number of carbonyl (C=O) groups excluding carboxylic acids is 1. The van der Waals surface area contributed by atoms with Crippen molar-refractivity contribution in [1.29, 1.82) is 0 Å². The van der Waals surface area contributed by atoms with E-state index in [1.165, 1.54) is 0 Å². The fourth-order valence-electron chi connectivity index (χ4n) is 2.41. The highest BCUT2D eigenvalue weighted by molar-refractivity contribution is 5.91. The van der Waals surface area contributed by atoms with Crippen LogP contribution in [0.1, 0.15) is 30.5 Å². The Morgan fingerprint density at radius 3 is 2.48 bits per heavy atom. The van der Waals surface area contributed by atoms with Gasteiger partial charge in [-0.25, -0.2) is 4.79 Å². The van der Waals surface area contributed by atoms with Crippen LogP contribution >= 0.6 is 0 Å². The smallest absolute Gasteiger partial charge is 0.319 e. The minimum absolute atomic E-state index is 0.192. The summed E-state index contributed by atoms with van der Waals surface area (Å²) >= 11 is 0. The van der Waals surface area contributed by atoms with Gasteiger partial charge in [-0.2, -0.15) is 0 Å². The maximum atomic E-state index is 12.1. The van der Waals surface area contributed by atoms with Crippen molar-refractivity contribution >= 4 is 11.7 Å². The van der Waals surface area contributed by atoms with E-state index in [-0.39, 0.29) is 6.03 Å². The first-order valence-electron chi connectivity index (χ1n) is 7.99. The number of para-hydroxylation sites is 1. The van der Waals surface area contributed by atoms with Gasteiger partial charge in [-0.15, -0.1) is 0 Å². The van der Waals surface area contributed by atoms with Crippen LogP contribution in [-0.4, -0.2) is 12.6 Å². The van der Waals surface area contributed by atoms with Crippen LogP contribution in [0.5, 0.6) is 5.75 Å². The lowest BCUT2D eigenvalue weighted by molar-refractivity contribution is 0.251. The average molecular weight is 312 g/mol. The summed E-state index contributed by atoms with van der Waals surface area (Å²) < 4.78 is 5.40. The molecule has 2 aromatic carbocycles. The van der Waals surface area contributed by atoms with Crippen molar-refractivity contribution in [2.45, 2.75) is 33.7 Å². The van der Waals surface area contributed by atoms with E-state index in [1.807, 2.05) is 56.3 Å². The first-order valence-corrected chi connectivity index (χ1v) is 7.99. The maximum absolute atomic E-state index is 12.1. The molecule has 4 heteroatoms. The highest BCUT2D eigenvalue weighted by Gasteiger charge is 2.08. The first-order chi connectivity index (χ1) is 11.1. The van der Waals surface area contributed by atoms with E-state index >= 15 is 0 Å². The maximum Gasteiger partial charge on any atom is 0.319 e. The summed E-state index contributed by atoms with van der Waals surface area (Å²) in [5.41, 5.74) is 4.14. The molecule has 0 radical (unpaired) electrons. The van der Waals surface area contributed by atoms with Crippen molar-refractivity contribution in [2.75, 3.05) is 11.9 Å². The molecule has 0 unspecified atom stereocenters. The molecular weight excluding hydrogens is 288 g/mol. The number of ether oxygens (including phenoxy) is 1. The van der Waals surface area contributed by atoms with E-state index in [9.17, 15) is 4.79 Å². The van der Waals surface area contributed by atoms with Crippen molar-refractivity contribution in [1.82, 2.24) is 5.32 Å². The molecule has 0 spiro atoms. The number of carbonyl (C=O) groups is 1. The molecule has 0 heterocycles. The van der Waals surface area contributed by atoms with Crippen molar-refractivity contribution in [3.63, 3.8) is 0 Å². The van der Waals surface area contributed by atoms with Gasteiger partial charge < -0.3 is 15.4 Å². The van der Waals surface area contributed by atoms with Crippen LogP contribution in [0.4, 0.5) is 10.5 Å². The van der Waals surface area contributed by atoms with Crippen molar-refractivity contribution in [3.05, 3.63) is 59.2 Å². The number of benzene rings is 2. The monoisotopic (exact) mass is 312 g/mol. The van der Waals surface area contributed by atoms with Gasteiger partial charge in [-0.1, -0.05) is 37.3 Å². The molecule has 23 heavy (non-hydrogen) atoms. The molecule has 2 rings (SSSR count). The van der Waals surface area contributed by atoms with E-state index in [0.29, 0.717) is 13.2 Å². The number of urea groups is 1. The summed E-state index contributed by atoms with van der Waals surface area (Å²) in [4.78, 5) is 12.1. The third-order valence-corrected chi connectivity index (χ3v) is 3.67. The second-order valence-electron chi connectivity index (χ2n) is 5.35. The van der Waals surface area contributed by atoms with E-state index < -0.39 is 0 Å². The lowest BCUT2D eigenvalue weighted by atomic mass is 10.1. The van der Waals surface area contributed by atoms with Crippen molar-refractivity contribution < 1.29 is 9.53 Å². The number of hydrogen-bond acceptors (Lipinski definition) is 2. The zero-order valence-electron chi connectivity index (χ0n) is 14.0. The summed E-state index contributed by atoms with van der Waals surface area (Å²) in [5, 5.41) is 5.84. The molecule has 0 aromatic heterocycles. The van der Waals surface area contributed by atoms with Crippen LogP contribution in [0, 0.1) is 6.92 Å². The molecule has 0 saturated carbocycles. The minimum Gasteiger partial charge on any atom is -0.494 e. The van der Waals surface area contributed by atoms with Gasteiger partial charge in [0.2, 0.25) is 0 Å². The van der Waals surface area contributed by atoms with Gasteiger partial charge in [0.1, 0.15) is 5.75 Å². The number of hydrogen-bond donors (Lipinski definition) is 2. The number of amides is 2. The Bertz CT molecular complexity index is 651. The molecule has 2 N–H and O–H groups in total. The van der Waals surface area contributed by atoms with Gasteiger partial charge in [0.25, 0.3) is 0 Å². The molecule has 4 nitrogen and oxygen atoms in total. The highest BCUT2D eigenvalue weighted by Crippen LogP contribution is 2.20. The Morgan fingerprint density at radius 1 is 1.09 bits per heavy atom. The average Bonchev–Trinajstić information content (AvgIpc) is 2.56. The third kappa shape index (κ3) is 4.74. The summed E-state index contributed by atoms with van der Waals surface area (Å²) in [6.07, 6.45) is 0.885. The number of rotatable bonds is 6. The lowest BCUT2D eigenvalue weighted by Gasteiger charge is -2.14. The largest absolute Gasteiger partial charge is 0.494 e. The van der Waals surface area contributed by atoms with Crippen LogP contribution in [0.25, 0.3) is 0 Å². The molecule has 0 fully saturated rings. The zero-order chi connectivity index (χ0) is 16.7. The Morgan fingerprint density at radius 2 is 1.83 bits per heavy atom. The molecule has 0 aliphatic heterocycles. The fraction of sp³-hybridized carbons (Fsp3) is 0.316. The molecule has 2 amide bonds. The minimum atomic E-state index is -0.192. The van der Waals surface area contributed by atoms with E-state index in [1.54, 1.807) is 0 Å². The Labute approximate surface area is 137 Å². The quantitative estimate of drug-likeness (QED) is 0.836. The Kier molecular flexibility index (Phi) is 6.03. The molecule has 122 valence electrons. The SMILES string of the molecule is CCOc1ccc(CNC(=O)Nc2c(C)cccc2CC)cc1. The normalized spacial score (nSPS) is 10.2. The lowest BCUT2D eigenvalue weighted by Crippen LogP contribution is -2.28. The molecule has 0 bridgehead atoms. The third-order valence-electron chi connectivity index (χ3n) is 3.67. The van der Waals surface area contributed by atoms with E-state index in [4.69, 9.17) is 4.74 Å². The number of nitrogens with one attached hydrogen (secondary N) is 2. The van der Waals surface area contributed by atoms with Crippen LogP contribution in [0.2, 0.25) is 0 Å². The van der Waals surface area contributed by atoms with Crippen molar-refractivity contribution in [2.24, 2.45) is 0 Å². The molecule has 2 aromatic rings. The second-order valence-corrected chi connectivity index (χ2v) is 5.35. The molecule has 0 aliphatic carbocycles. The Hall–Kier alpha value is -2.49. The molecule has 0 saturated heterocycles. The topological polar surface area (TPSA) is 50.4 Å². The summed E-state index contributed by atoms with van der Waals surface area (Å²) in [7, 11) is 0. The molecule has 0 aliphatic rings. The number of aryl methyl sites for hydroxylation is 2. The van der Waals surface area contributed by atoms with E-state index in [2.05, 4.69) is 17.6 Å². The van der Waals surface area contributed by atoms with Crippen LogP contribution in [0.15, 0.2) is 42.5 Å². The predicted octanol–water partition coefficient (Wildman–Crippen LogP) is 4.28. The van der Waals surface area contributed by atoms with Crippen LogP contribution in [-0.2, 0) is 13.0 Å². The van der Waals surface area contributed by atoms with Gasteiger partial charge in [-0.05, 0) is 49.1 Å². The second kappa shape index (κ2) is 8.22. The fourth-order valence-corrected chi connectivity index (χ4v) is 2.41. The van der Waals surface area contributed by atoms with Gasteiger partial charge >= 0.3 is 6.03 Å². The van der Waals surface area contributed by atoms with Crippen LogP contribution < -0.4 is 15.4 Å². The highest BCUT2D eigenvalue weighted by atomic mass is 16.5. The van der Waals surface area contributed by atoms with Gasteiger partial charge in [0.05, 0.1) is 6.61 Å². The predicted molar refractivity (Wildman–Crippen MR) is 94.0 cm³/mol. The standard InChI is InChI=1S/C19H24N2O2/c1-4-16-8-6-7-14(3)18(16)21-19(22)20-13-15-9-11-17(12-10-15)23-5-2/h6-12H,4-5,13H2,1-3H3,(H2,20,21,22). The van der Waals surface area contributed by atoms with Gasteiger partial charge in [-0.3, -0.25) is 0 Å². The first kappa shape index (κ1) is 16.9. The van der Waals surface area contributed by atoms with E-state index in [0.717, 1.165) is 34.5 Å². The van der Waals surface area contributed by atoms with Gasteiger partial charge in [0, 0.05) is 12.2 Å².